The van der Waals surface area contributed by atoms with Crippen molar-refractivity contribution in [3.05, 3.63) is 53.2 Å². The van der Waals surface area contributed by atoms with Gasteiger partial charge in [0.05, 0.1) is 17.7 Å². The van der Waals surface area contributed by atoms with Crippen LogP contribution in [0.25, 0.3) is 0 Å². The van der Waals surface area contributed by atoms with Crippen molar-refractivity contribution in [2.75, 3.05) is 10.2 Å². The summed E-state index contributed by atoms with van der Waals surface area (Å²) < 4.78 is 0. The summed E-state index contributed by atoms with van der Waals surface area (Å²) in [6, 6.07) is 14.0. The first-order valence-corrected chi connectivity index (χ1v) is 9.53. The van der Waals surface area contributed by atoms with E-state index in [1.807, 2.05) is 42.2 Å². The molecule has 2 heterocycles. The van der Waals surface area contributed by atoms with Crippen molar-refractivity contribution in [2.24, 2.45) is 11.8 Å². The van der Waals surface area contributed by atoms with Gasteiger partial charge in [0.15, 0.2) is 0 Å². The van der Waals surface area contributed by atoms with E-state index >= 15 is 0 Å². The lowest BCUT2D eigenvalue weighted by atomic mass is 9.79. The fraction of sp³-hybridized carbons (Fsp3) is 0.409. The van der Waals surface area contributed by atoms with Gasteiger partial charge in [0, 0.05) is 30.3 Å². The molecule has 1 amide bonds. The SMILES string of the molecule is CC(=O)N1c2ccc(C#N)cc2[C@H](Nc2cccc(C)n2)[C@@H](C)[C@@H]1C1CC1. The van der Waals surface area contributed by atoms with Crippen LogP contribution < -0.4 is 10.2 Å². The lowest BCUT2D eigenvalue weighted by molar-refractivity contribution is -0.117. The predicted molar refractivity (Wildman–Crippen MR) is 105 cm³/mol. The minimum absolute atomic E-state index is 0.00352. The van der Waals surface area contributed by atoms with Crippen molar-refractivity contribution in [3.8, 4) is 6.07 Å². The van der Waals surface area contributed by atoms with Gasteiger partial charge >= 0.3 is 0 Å². The maximum Gasteiger partial charge on any atom is 0.224 e. The average Bonchev–Trinajstić information content (AvgIpc) is 3.47. The number of fused-ring (bicyclic) bond motifs is 1. The Kier molecular flexibility index (Phi) is 4.35. The number of nitrogens with zero attached hydrogens (tertiary/aromatic N) is 3. The van der Waals surface area contributed by atoms with E-state index in [4.69, 9.17) is 0 Å². The summed E-state index contributed by atoms with van der Waals surface area (Å²) in [6.45, 7) is 5.82. The number of rotatable bonds is 3. The molecule has 1 aliphatic heterocycles. The minimum atomic E-state index is 0.00352. The zero-order chi connectivity index (χ0) is 19.1. The molecule has 5 heteroatoms. The Balaban J connectivity index is 1.82. The molecule has 1 fully saturated rings. The molecule has 1 N–H and O–H groups in total. The highest BCUT2D eigenvalue weighted by Crippen LogP contribution is 2.50. The van der Waals surface area contributed by atoms with Gasteiger partial charge in [-0.15, -0.1) is 0 Å². The van der Waals surface area contributed by atoms with Gasteiger partial charge in [-0.1, -0.05) is 13.0 Å². The average molecular weight is 360 g/mol. The highest BCUT2D eigenvalue weighted by molar-refractivity contribution is 5.94. The Bertz CT molecular complexity index is 928. The lowest BCUT2D eigenvalue weighted by Gasteiger charge is -2.45. The molecule has 1 aliphatic carbocycles. The van der Waals surface area contributed by atoms with Crippen LogP contribution in [-0.2, 0) is 4.79 Å². The van der Waals surface area contributed by atoms with Gasteiger partial charge in [-0.25, -0.2) is 4.98 Å². The second kappa shape index (κ2) is 6.70. The molecule has 3 atom stereocenters. The van der Waals surface area contributed by atoms with E-state index < -0.39 is 0 Å². The zero-order valence-electron chi connectivity index (χ0n) is 15.9. The highest BCUT2D eigenvalue weighted by Gasteiger charge is 2.47. The van der Waals surface area contributed by atoms with Crippen LogP contribution in [0.15, 0.2) is 36.4 Å². The molecule has 2 aliphatic rings. The molecule has 0 bridgehead atoms. The third-order valence-electron chi connectivity index (χ3n) is 5.75. The van der Waals surface area contributed by atoms with E-state index in [0.717, 1.165) is 22.8 Å². The quantitative estimate of drug-likeness (QED) is 0.891. The van der Waals surface area contributed by atoms with Crippen LogP contribution in [-0.4, -0.2) is 16.9 Å². The fourth-order valence-electron chi connectivity index (χ4n) is 4.42. The van der Waals surface area contributed by atoms with Gasteiger partial charge in [0.25, 0.3) is 0 Å². The van der Waals surface area contributed by atoms with Gasteiger partial charge in [-0.05, 0) is 61.6 Å². The summed E-state index contributed by atoms with van der Waals surface area (Å²) in [4.78, 5) is 19.1. The van der Waals surface area contributed by atoms with Crippen LogP contribution in [0.4, 0.5) is 11.5 Å². The molecule has 1 saturated carbocycles. The number of benzene rings is 1. The van der Waals surface area contributed by atoms with Crippen LogP contribution >= 0.6 is 0 Å². The molecule has 0 unspecified atom stereocenters. The van der Waals surface area contributed by atoms with Crippen molar-refractivity contribution in [2.45, 2.75) is 45.7 Å². The molecule has 5 nitrogen and oxygen atoms in total. The summed E-state index contributed by atoms with van der Waals surface area (Å²) in [6.07, 6.45) is 2.33. The van der Waals surface area contributed by atoms with Crippen LogP contribution in [0.3, 0.4) is 0 Å². The normalized spacial score (nSPS) is 24.1. The third kappa shape index (κ3) is 3.16. The van der Waals surface area contributed by atoms with Crippen LogP contribution in [0.5, 0.6) is 0 Å². The summed E-state index contributed by atoms with van der Waals surface area (Å²) >= 11 is 0. The van der Waals surface area contributed by atoms with Crippen LogP contribution in [0.1, 0.15) is 49.6 Å². The Morgan fingerprint density at radius 1 is 1.30 bits per heavy atom. The second-order valence-corrected chi connectivity index (χ2v) is 7.75. The van der Waals surface area contributed by atoms with Crippen molar-refractivity contribution in [1.82, 2.24) is 4.98 Å². The molecule has 4 rings (SSSR count). The Labute approximate surface area is 160 Å². The number of hydrogen-bond acceptors (Lipinski definition) is 4. The molecule has 0 radical (unpaired) electrons. The first-order chi connectivity index (χ1) is 13.0. The van der Waals surface area contributed by atoms with E-state index in [-0.39, 0.29) is 23.9 Å². The Morgan fingerprint density at radius 3 is 2.70 bits per heavy atom. The number of nitrogens with one attached hydrogen (secondary N) is 1. The summed E-state index contributed by atoms with van der Waals surface area (Å²) in [5.41, 5.74) is 3.48. The summed E-state index contributed by atoms with van der Waals surface area (Å²) in [5, 5.41) is 13.0. The topological polar surface area (TPSA) is 69.0 Å². The van der Waals surface area contributed by atoms with Gasteiger partial charge < -0.3 is 10.2 Å². The van der Waals surface area contributed by atoms with E-state index in [1.165, 1.54) is 12.8 Å². The maximum atomic E-state index is 12.5. The van der Waals surface area contributed by atoms with E-state index in [0.29, 0.717) is 11.5 Å². The predicted octanol–water partition coefficient (Wildman–Crippen LogP) is 4.20. The first kappa shape index (κ1) is 17.5. The van der Waals surface area contributed by atoms with Crippen molar-refractivity contribution in [3.63, 3.8) is 0 Å². The lowest BCUT2D eigenvalue weighted by Crippen LogP contribution is -2.51. The first-order valence-electron chi connectivity index (χ1n) is 9.53. The van der Waals surface area contributed by atoms with Gasteiger partial charge in [0.2, 0.25) is 5.91 Å². The third-order valence-corrected chi connectivity index (χ3v) is 5.75. The number of aromatic nitrogens is 1. The second-order valence-electron chi connectivity index (χ2n) is 7.75. The summed E-state index contributed by atoms with van der Waals surface area (Å²) in [5.74, 6) is 1.65. The van der Waals surface area contributed by atoms with E-state index in [2.05, 4.69) is 23.3 Å². The molecular weight excluding hydrogens is 336 g/mol. The van der Waals surface area contributed by atoms with Crippen molar-refractivity contribution in [1.29, 1.82) is 5.26 Å². The van der Waals surface area contributed by atoms with Crippen LogP contribution in [0, 0.1) is 30.1 Å². The molecule has 0 spiro atoms. The monoisotopic (exact) mass is 360 g/mol. The zero-order valence-corrected chi connectivity index (χ0v) is 15.9. The van der Waals surface area contributed by atoms with Gasteiger partial charge in [0.1, 0.15) is 5.82 Å². The summed E-state index contributed by atoms with van der Waals surface area (Å²) in [7, 11) is 0. The fourth-order valence-corrected chi connectivity index (χ4v) is 4.42. The van der Waals surface area contributed by atoms with E-state index in [9.17, 15) is 10.1 Å². The minimum Gasteiger partial charge on any atom is -0.363 e. The number of carbonyl (C=O) groups is 1. The van der Waals surface area contributed by atoms with Crippen molar-refractivity contribution >= 4 is 17.4 Å². The van der Waals surface area contributed by atoms with Gasteiger partial charge in [-0.3, -0.25) is 4.79 Å². The molecule has 2 aromatic rings. The highest BCUT2D eigenvalue weighted by atomic mass is 16.2. The molecule has 138 valence electrons. The number of hydrogen-bond donors (Lipinski definition) is 1. The molecule has 1 aromatic carbocycles. The number of carbonyl (C=O) groups excluding carboxylic acids is 1. The number of nitriles is 1. The Morgan fingerprint density at radius 2 is 2.07 bits per heavy atom. The number of pyridine rings is 1. The largest absolute Gasteiger partial charge is 0.363 e. The molecule has 27 heavy (non-hydrogen) atoms. The number of amides is 1. The molecular formula is C22H24N4O. The Hall–Kier alpha value is -2.87. The van der Waals surface area contributed by atoms with Gasteiger partial charge in [-0.2, -0.15) is 5.26 Å². The standard InChI is InChI=1S/C22H24N4O/c1-13-5-4-6-20(24-13)25-21-14(2)22(17-8-9-17)26(15(3)27)19-10-7-16(12-23)11-18(19)21/h4-7,10-11,14,17,21-22H,8-9H2,1-3H3,(H,24,25)/t14-,21-,22-/m1/s1. The maximum absolute atomic E-state index is 12.5. The van der Waals surface area contributed by atoms with E-state index in [1.54, 1.807) is 13.0 Å². The number of aryl methyl sites for hydroxylation is 1. The van der Waals surface area contributed by atoms with Crippen molar-refractivity contribution < 1.29 is 4.79 Å². The number of anilines is 2. The molecule has 1 aromatic heterocycles. The van der Waals surface area contributed by atoms with Crippen LogP contribution in [0.2, 0.25) is 0 Å². The smallest absolute Gasteiger partial charge is 0.224 e. The molecule has 0 saturated heterocycles.